The van der Waals surface area contributed by atoms with Crippen molar-refractivity contribution in [3.63, 3.8) is 0 Å². The Balaban J connectivity index is 1.07. The van der Waals surface area contributed by atoms with Crippen LogP contribution in [0.2, 0.25) is 0 Å². The number of fused-ring (bicyclic) bond motifs is 14. The molecule has 0 amide bonds. The minimum atomic E-state index is -0.0237. The molecule has 0 saturated heterocycles. The van der Waals surface area contributed by atoms with Gasteiger partial charge in [0, 0.05) is 0 Å². The molecule has 0 fully saturated rings. The Kier molecular flexibility index (Phi) is 5.85. The lowest BCUT2D eigenvalue weighted by Crippen LogP contribution is -2.02. The minimum absolute atomic E-state index is 0.0237. The van der Waals surface area contributed by atoms with Crippen molar-refractivity contribution in [1.29, 1.82) is 0 Å². The Labute approximate surface area is 292 Å². The van der Waals surface area contributed by atoms with Crippen molar-refractivity contribution in [2.45, 2.75) is 0 Å². The van der Waals surface area contributed by atoms with Crippen LogP contribution in [0.15, 0.2) is 179 Å². The van der Waals surface area contributed by atoms with E-state index in [0.29, 0.717) is 21.9 Å². The highest BCUT2D eigenvalue weighted by Gasteiger charge is 2.14. The first-order valence-electron chi connectivity index (χ1n) is 17.4. The molecule has 2 nitrogen and oxygen atoms in total. The maximum Gasteiger partial charge on any atom is 0.200 e. The number of benzene rings is 10. The van der Waals surface area contributed by atoms with Crippen LogP contribution in [0.5, 0.6) is 0 Å². The van der Waals surface area contributed by atoms with E-state index in [1.54, 1.807) is 0 Å². The van der Waals surface area contributed by atoms with Crippen molar-refractivity contribution in [1.82, 2.24) is 0 Å². The van der Waals surface area contributed by atoms with Crippen molar-refractivity contribution >= 4 is 86.6 Å². The van der Waals surface area contributed by atoms with E-state index in [9.17, 15) is 4.79 Å². The normalized spacial score (nSPS) is 12.0. The molecule has 0 aliphatic heterocycles. The van der Waals surface area contributed by atoms with Gasteiger partial charge in [0.2, 0.25) is 5.43 Å². The average Bonchev–Trinajstić information content (AvgIpc) is 3.20. The third-order valence-corrected chi connectivity index (χ3v) is 10.8. The molecule has 11 rings (SSSR count). The lowest BCUT2D eigenvalue weighted by atomic mass is 9.91. The van der Waals surface area contributed by atoms with Gasteiger partial charge in [0.15, 0.2) is 0 Å². The zero-order valence-electron chi connectivity index (χ0n) is 27.5. The van der Waals surface area contributed by atoms with Gasteiger partial charge in [-0.25, -0.2) is 0 Å². The molecule has 0 spiro atoms. The van der Waals surface area contributed by atoms with Crippen LogP contribution in [0, 0.1) is 0 Å². The van der Waals surface area contributed by atoms with Gasteiger partial charge in [-0.2, -0.15) is 0 Å². The molecule has 10 aromatic carbocycles. The summed E-state index contributed by atoms with van der Waals surface area (Å²) in [5.74, 6) is 0. The molecule has 0 unspecified atom stereocenters. The van der Waals surface area contributed by atoms with Crippen molar-refractivity contribution in [3.8, 4) is 22.3 Å². The summed E-state index contributed by atoms with van der Waals surface area (Å²) in [4.78, 5) is 14.3. The Morgan fingerprint density at radius 3 is 0.843 bits per heavy atom. The fourth-order valence-electron chi connectivity index (χ4n) is 8.39. The summed E-state index contributed by atoms with van der Waals surface area (Å²) in [6.07, 6.45) is 0. The third kappa shape index (κ3) is 4.14. The van der Waals surface area contributed by atoms with E-state index in [0.717, 1.165) is 22.3 Å². The number of hydrogen-bond acceptors (Lipinski definition) is 2. The first-order valence-corrected chi connectivity index (χ1v) is 17.4. The summed E-state index contributed by atoms with van der Waals surface area (Å²) >= 11 is 0. The summed E-state index contributed by atoms with van der Waals surface area (Å²) in [6.45, 7) is 0. The molecule has 236 valence electrons. The van der Waals surface area contributed by atoms with Gasteiger partial charge < -0.3 is 4.42 Å². The van der Waals surface area contributed by atoms with Gasteiger partial charge in [-0.1, -0.05) is 133 Å². The molecule has 0 radical (unpaired) electrons. The second kappa shape index (κ2) is 10.6. The fourth-order valence-corrected chi connectivity index (χ4v) is 8.39. The van der Waals surface area contributed by atoms with Gasteiger partial charge in [-0.3, -0.25) is 4.79 Å². The Morgan fingerprint density at radius 1 is 0.255 bits per heavy atom. The van der Waals surface area contributed by atoms with E-state index in [1.807, 2.05) is 24.3 Å². The fraction of sp³-hybridized carbons (Fsp3) is 0. The molecule has 1 heterocycles. The highest BCUT2D eigenvalue weighted by atomic mass is 16.3. The van der Waals surface area contributed by atoms with Crippen LogP contribution in [-0.2, 0) is 0 Å². The van der Waals surface area contributed by atoms with E-state index in [4.69, 9.17) is 4.42 Å². The molecule has 0 N–H and O–H groups in total. The maximum absolute atomic E-state index is 14.3. The quantitative estimate of drug-likeness (QED) is 0.138. The van der Waals surface area contributed by atoms with Crippen LogP contribution in [0.3, 0.4) is 0 Å². The third-order valence-electron chi connectivity index (χ3n) is 10.8. The highest BCUT2D eigenvalue weighted by Crippen LogP contribution is 2.39. The molecule has 0 aliphatic carbocycles. The lowest BCUT2D eigenvalue weighted by molar-refractivity contribution is 0.660. The second-order valence-corrected chi connectivity index (χ2v) is 13.6. The molecule has 1 aromatic heterocycles. The standard InChI is InChI=1S/C49H28O2/c50-49-45-27-31(29-17-21-41-37-13-3-1-9-33(37)35-11-5-7-15-39(35)43(41)25-29)19-23-47(45)51-48-24-20-32(28-46(48)49)30-18-22-42-38-14-4-2-10-34(38)36-12-6-8-16-40(36)44(42)26-30/h1-28H. The van der Waals surface area contributed by atoms with Gasteiger partial charge in [0.1, 0.15) is 11.2 Å². The first kappa shape index (κ1) is 28.1. The van der Waals surface area contributed by atoms with Crippen molar-refractivity contribution in [3.05, 3.63) is 180 Å². The van der Waals surface area contributed by atoms with Gasteiger partial charge in [0.25, 0.3) is 0 Å². The topological polar surface area (TPSA) is 30.2 Å². The average molecular weight is 649 g/mol. The van der Waals surface area contributed by atoms with Gasteiger partial charge >= 0.3 is 0 Å². The van der Waals surface area contributed by atoms with Crippen LogP contribution in [0.4, 0.5) is 0 Å². The molecule has 0 bridgehead atoms. The van der Waals surface area contributed by atoms with Crippen molar-refractivity contribution in [2.24, 2.45) is 0 Å². The van der Waals surface area contributed by atoms with Crippen molar-refractivity contribution in [2.75, 3.05) is 0 Å². The van der Waals surface area contributed by atoms with E-state index in [1.165, 1.54) is 64.6 Å². The lowest BCUT2D eigenvalue weighted by Gasteiger charge is -2.13. The summed E-state index contributed by atoms with van der Waals surface area (Å²) in [5, 5.41) is 15.9. The summed E-state index contributed by atoms with van der Waals surface area (Å²) in [5.41, 5.74) is 5.25. The number of hydrogen-bond donors (Lipinski definition) is 0. The second-order valence-electron chi connectivity index (χ2n) is 13.6. The maximum atomic E-state index is 14.3. The van der Waals surface area contributed by atoms with Crippen LogP contribution >= 0.6 is 0 Å². The van der Waals surface area contributed by atoms with Gasteiger partial charge in [0.05, 0.1) is 10.8 Å². The zero-order valence-corrected chi connectivity index (χ0v) is 27.5. The molecular weight excluding hydrogens is 621 g/mol. The van der Waals surface area contributed by atoms with E-state index >= 15 is 0 Å². The first-order chi connectivity index (χ1) is 25.2. The Morgan fingerprint density at radius 2 is 0.510 bits per heavy atom. The molecular formula is C49H28O2. The molecule has 51 heavy (non-hydrogen) atoms. The highest BCUT2D eigenvalue weighted by molar-refractivity contribution is 6.27. The molecule has 11 aromatic rings. The van der Waals surface area contributed by atoms with Gasteiger partial charge in [-0.15, -0.1) is 0 Å². The predicted octanol–water partition coefficient (Wildman–Crippen LogP) is 13.2. The van der Waals surface area contributed by atoms with Crippen LogP contribution in [0.25, 0.3) is 109 Å². The van der Waals surface area contributed by atoms with E-state index in [2.05, 4.69) is 146 Å². The smallest absolute Gasteiger partial charge is 0.200 e. The SMILES string of the molecule is O=c1c2cc(-c3ccc4c5ccccc5c5ccccc5c4c3)ccc2oc2ccc(-c3ccc4c5ccccc5c5ccccc5c4c3)cc12. The van der Waals surface area contributed by atoms with E-state index in [-0.39, 0.29) is 5.43 Å². The molecule has 2 heteroatoms. The minimum Gasteiger partial charge on any atom is -0.456 e. The summed E-state index contributed by atoms with van der Waals surface area (Å²) in [7, 11) is 0. The monoisotopic (exact) mass is 648 g/mol. The number of rotatable bonds is 2. The molecule has 0 atom stereocenters. The summed E-state index contributed by atoms with van der Waals surface area (Å²) in [6, 6.07) is 59.7. The summed E-state index contributed by atoms with van der Waals surface area (Å²) < 4.78 is 6.36. The largest absolute Gasteiger partial charge is 0.456 e. The zero-order chi connectivity index (χ0) is 33.6. The van der Waals surface area contributed by atoms with Crippen LogP contribution < -0.4 is 5.43 Å². The van der Waals surface area contributed by atoms with Gasteiger partial charge in [-0.05, 0) is 123 Å². The van der Waals surface area contributed by atoms with Crippen molar-refractivity contribution < 1.29 is 4.42 Å². The molecule has 0 saturated carbocycles. The Bertz CT molecular complexity index is 3040. The van der Waals surface area contributed by atoms with E-state index < -0.39 is 0 Å². The Hall–Kier alpha value is -6.77. The van der Waals surface area contributed by atoms with Crippen LogP contribution in [0.1, 0.15) is 0 Å². The molecule has 0 aliphatic rings. The predicted molar refractivity (Wildman–Crippen MR) is 216 cm³/mol. The van der Waals surface area contributed by atoms with Crippen LogP contribution in [-0.4, -0.2) is 0 Å².